The van der Waals surface area contributed by atoms with E-state index in [1.54, 1.807) is 0 Å². The van der Waals surface area contributed by atoms with Crippen molar-refractivity contribution in [2.45, 2.75) is 38.6 Å². The average Bonchev–Trinajstić information content (AvgIpc) is 3.07. The molecule has 0 spiro atoms. The van der Waals surface area contributed by atoms with Gasteiger partial charge in [-0.2, -0.15) is 0 Å². The Bertz CT molecular complexity index is 683. The zero-order valence-corrected chi connectivity index (χ0v) is 12.1. The number of benzene rings is 1. The van der Waals surface area contributed by atoms with Crippen LogP contribution < -0.4 is 5.32 Å². The molecular weight excluding hydrogens is 264 g/mol. The monoisotopic (exact) mass is 284 g/mol. The van der Waals surface area contributed by atoms with Crippen LogP contribution in [0, 0.1) is 17.7 Å². The molecule has 1 saturated carbocycles. The second-order valence-electron chi connectivity index (χ2n) is 5.65. The third-order valence-corrected chi connectivity index (χ3v) is 4.01. The molecule has 1 heterocycles. The lowest BCUT2D eigenvalue weighted by Gasteiger charge is -2.15. The van der Waals surface area contributed by atoms with Crippen molar-refractivity contribution in [3.63, 3.8) is 0 Å². The normalized spacial score (nSPS) is 15.3. The molecule has 1 fully saturated rings. The van der Waals surface area contributed by atoms with Gasteiger partial charge in [-0.3, -0.25) is 10.8 Å². The molecule has 1 aliphatic rings. The first kappa shape index (κ1) is 13.7. The molecule has 21 heavy (non-hydrogen) atoms. The number of fused-ring (bicyclic) bond motifs is 1. The summed E-state index contributed by atoms with van der Waals surface area (Å²) in [5.74, 6) is -0.0364. The van der Waals surface area contributed by atoms with Gasteiger partial charge >= 0.3 is 0 Å². The molecule has 0 atom stereocenters. The van der Waals surface area contributed by atoms with Crippen LogP contribution in [0.15, 0.2) is 18.2 Å². The molecule has 110 valence electrons. The summed E-state index contributed by atoms with van der Waals surface area (Å²) in [5, 5.41) is 19.4. The molecule has 0 aliphatic heterocycles. The Labute approximate surface area is 123 Å². The summed E-state index contributed by atoms with van der Waals surface area (Å²) in [6.45, 7) is 2.07. The first-order chi connectivity index (χ1) is 10.2. The van der Waals surface area contributed by atoms with Crippen molar-refractivity contribution in [1.29, 1.82) is 10.8 Å². The van der Waals surface area contributed by atoms with Crippen LogP contribution >= 0.6 is 0 Å². The second kappa shape index (κ2) is 5.60. The molecule has 0 radical (unpaired) electrons. The molecule has 0 amide bonds. The Hall–Kier alpha value is -2.30. The van der Waals surface area contributed by atoms with Gasteiger partial charge < -0.3 is 15.0 Å². The quantitative estimate of drug-likeness (QED) is 0.509. The molecule has 3 rings (SSSR count). The van der Waals surface area contributed by atoms with E-state index in [0.29, 0.717) is 11.7 Å². The number of hydrogen-bond donors (Lipinski definition) is 4. The van der Waals surface area contributed by atoms with Gasteiger partial charge in [-0.25, -0.2) is 0 Å². The maximum Gasteiger partial charge on any atom is 0.237 e. The van der Waals surface area contributed by atoms with Crippen LogP contribution in [0.25, 0.3) is 10.9 Å². The van der Waals surface area contributed by atoms with Gasteiger partial charge in [0.1, 0.15) is 5.69 Å². The first-order valence-electron chi connectivity index (χ1n) is 7.32. The van der Waals surface area contributed by atoms with Crippen LogP contribution in [0.3, 0.4) is 0 Å². The lowest BCUT2D eigenvalue weighted by molar-refractivity contribution is 0.559. The molecule has 5 nitrogen and oxygen atoms in total. The number of anilines is 1. The van der Waals surface area contributed by atoms with E-state index in [4.69, 9.17) is 15.6 Å². The van der Waals surface area contributed by atoms with Gasteiger partial charge in [0, 0.05) is 11.4 Å². The van der Waals surface area contributed by atoms with Crippen molar-refractivity contribution in [3.8, 4) is 0 Å². The van der Waals surface area contributed by atoms with E-state index < -0.39 is 0 Å². The van der Waals surface area contributed by atoms with E-state index in [1.165, 1.54) is 31.2 Å². The Balaban J connectivity index is 1.98. The summed E-state index contributed by atoms with van der Waals surface area (Å²) in [6.07, 6.45) is 5.79. The standard InChI is InChI=1S/C16H20N4O/c1-10-6-11-8-14(16(18)21-9-17)20-15(11)13(7-10)19-12-4-2-3-5-12/h6-9,12,17-20H,2-5H2,1H3. The number of aryl methyl sites for hydroxylation is 1. The topological polar surface area (TPSA) is 84.8 Å². The molecule has 1 aliphatic carbocycles. The fourth-order valence-electron chi connectivity index (χ4n) is 3.04. The predicted molar refractivity (Wildman–Crippen MR) is 85.6 cm³/mol. The zero-order chi connectivity index (χ0) is 14.8. The summed E-state index contributed by atoms with van der Waals surface area (Å²) < 4.78 is 4.83. The number of H-pyrrole nitrogens is 1. The molecule has 0 unspecified atom stereocenters. The molecular formula is C16H20N4O. The molecule has 2 aromatic rings. The zero-order valence-electron chi connectivity index (χ0n) is 12.1. The van der Waals surface area contributed by atoms with E-state index in [2.05, 4.69) is 29.4 Å². The number of rotatable bonds is 4. The van der Waals surface area contributed by atoms with Gasteiger partial charge in [0.05, 0.1) is 11.2 Å². The summed E-state index contributed by atoms with van der Waals surface area (Å²) >= 11 is 0. The van der Waals surface area contributed by atoms with Crippen LogP contribution in [-0.4, -0.2) is 23.3 Å². The molecule has 0 bridgehead atoms. The fraction of sp³-hybridized carbons (Fsp3) is 0.375. The van der Waals surface area contributed by atoms with E-state index >= 15 is 0 Å². The van der Waals surface area contributed by atoms with E-state index in [9.17, 15) is 0 Å². The van der Waals surface area contributed by atoms with Crippen molar-refractivity contribution in [2.24, 2.45) is 0 Å². The minimum Gasteiger partial charge on any atom is -0.426 e. The Kier molecular flexibility index (Phi) is 3.64. The summed E-state index contributed by atoms with van der Waals surface area (Å²) in [5.41, 5.74) is 3.87. The highest BCUT2D eigenvalue weighted by molar-refractivity contribution is 6.01. The van der Waals surface area contributed by atoms with Crippen molar-refractivity contribution in [3.05, 3.63) is 29.5 Å². The van der Waals surface area contributed by atoms with E-state index in [1.807, 2.05) is 6.07 Å². The molecule has 5 heteroatoms. The number of nitrogens with one attached hydrogen (secondary N) is 4. The van der Waals surface area contributed by atoms with Crippen LogP contribution in [0.2, 0.25) is 0 Å². The van der Waals surface area contributed by atoms with Gasteiger partial charge in [-0.05, 0) is 43.5 Å². The number of ether oxygens (including phenoxy) is 1. The van der Waals surface area contributed by atoms with Crippen LogP contribution in [-0.2, 0) is 4.74 Å². The van der Waals surface area contributed by atoms with Gasteiger partial charge in [-0.1, -0.05) is 12.8 Å². The molecule has 1 aromatic heterocycles. The highest BCUT2D eigenvalue weighted by Gasteiger charge is 2.17. The van der Waals surface area contributed by atoms with E-state index in [-0.39, 0.29) is 5.90 Å². The van der Waals surface area contributed by atoms with Gasteiger partial charge in [0.2, 0.25) is 5.90 Å². The Morgan fingerprint density at radius 2 is 2.10 bits per heavy atom. The van der Waals surface area contributed by atoms with Crippen LogP contribution in [0.4, 0.5) is 5.69 Å². The third-order valence-electron chi connectivity index (χ3n) is 4.01. The van der Waals surface area contributed by atoms with Crippen LogP contribution in [0.1, 0.15) is 36.9 Å². The SMILES string of the molecule is Cc1cc(NC2CCCC2)c2[nH]c(C(=N)OC=N)cc2c1. The van der Waals surface area contributed by atoms with Crippen molar-refractivity contribution >= 4 is 28.9 Å². The maximum absolute atomic E-state index is 7.79. The molecule has 4 N–H and O–H groups in total. The van der Waals surface area contributed by atoms with Crippen molar-refractivity contribution in [2.75, 3.05) is 5.32 Å². The van der Waals surface area contributed by atoms with Gasteiger partial charge in [0.15, 0.2) is 6.40 Å². The Morgan fingerprint density at radius 1 is 1.33 bits per heavy atom. The first-order valence-corrected chi connectivity index (χ1v) is 7.32. The largest absolute Gasteiger partial charge is 0.426 e. The lowest BCUT2D eigenvalue weighted by Crippen LogP contribution is -2.14. The van der Waals surface area contributed by atoms with E-state index in [0.717, 1.165) is 23.0 Å². The average molecular weight is 284 g/mol. The minimum absolute atomic E-state index is 0.0364. The maximum atomic E-state index is 7.79. The van der Waals surface area contributed by atoms with Crippen molar-refractivity contribution in [1.82, 2.24) is 4.98 Å². The highest BCUT2D eigenvalue weighted by atomic mass is 16.5. The van der Waals surface area contributed by atoms with Crippen molar-refractivity contribution < 1.29 is 4.74 Å². The highest BCUT2D eigenvalue weighted by Crippen LogP contribution is 2.29. The molecule has 0 saturated heterocycles. The third kappa shape index (κ3) is 2.77. The van der Waals surface area contributed by atoms with Gasteiger partial charge in [0.25, 0.3) is 0 Å². The fourth-order valence-corrected chi connectivity index (χ4v) is 3.04. The smallest absolute Gasteiger partial charge is 0.237 e. The van der Waals surface area contributed by atoms with Gasteiger partial charge in [-0.15, -0.1) is 0 Å². The second-order valence-corrected chi connectivity index (χ2v) is 5.65. The Morgan fingerprint density at radius 3 is 2.81 bits per heavy atom. The minimum atomic E-state index is -0.0364. The number of aromatic amines is 1. The van der Waals surface area contributed by atoms with Crippen LogP contribution in [0.5, 0.6) is 0 Å². The predicted octanol–water partition coefficient (Wildman–Crippen LogP) is 3.78. The molecule has 1 aromatic carbocycles. The summed E-state index contributed by atoms with van der Waals surface area (Å²) in [4.78, 5) is 3.23. The summed E-state index contributed by atoms with van der Waals surface area (Å²) in [7, 11) is 0. The number of aromatic nitrogens is 1. The lowest BCUT2D eigenvalue weighted by atomic mass is 10.1. The number of hydrogen-bond acceptors (Lipinski definition) is 4. The summed E-state index contributed by atoms with van der Waals surface area (Å²) in [6, 6.07) is 6.67.